The van der Waals surface area contributed by atoms with Gasteiger partial charge in [0, 0.05) is 67.6 Å². The summed E-state index contributed by atoms with van der Waals surface area (Å²) in [5.41, 5.74) is 20.7. The number of carbonyl (C=O) groups excluding carboxylic acids is 5. The first kappa shape index (κ1) is 74.2. The molecule has 0 heterocycles. The number of benzene rings is 9. The topological polar surface area (TPSA) is 212 Å². The van der Waals surface area contributed by atoms with Gasteiger partial charge in [-0.1, -0.05) is 56.1 Å². The Bertz CT molecular complexity index is 4730. The van der Waals surface area contributed by atoms with Gasteiger partial charge in [0.05, 0.1) is 44.5 Å². The second-order valence-electron chi connectivity index (χ2n) is 27.8. The molecule has 17 rings (SSSR count). The number of carbonyl (C=O) groups is 5. The zero-order chi connectivity index (χ0) is 73.6. The highest BCUT2D eigenvalue weighted by atomic mass is 79.9. The van der Waals surface area contributed by atoms with Crippen molar-refractivity contribution in [1.82, 2.24) is 0 Å². The number of alkyl halides is 2. The average molecular weight is 1650 g/mol. The number of aromatic hydroxyl groups is 4. The summed E-state index contributed by atoms with van der Waals surface area (Å²) < 4.78 is 27.8. The molecule has 8 aliphatic carbocycles. The third-order valence-electron chi connectivity index (χ3n) is 22.0. The Morgan fingerprint density at radius 2 is 0.728 bits per heavy atom. The van der Waals surface area contributed by atoms with E-state index in [1.165, 1.54) is 27.8 Å². The van der Waals surface area contributed by atoms with E-state index in [4.69, 9.17) is 23.7 Å². The van der Waals surface area contributed by atoms with Crippen molar-refractivity contribution < 1.29 is 68.1 Å². The highest BCUT2D eigenvalue weighted by molar-refractivity contribution is 9.11. The van der Waals surface area contributed by atoms with Crippen molar-refractivity contribution in [2.24, 2.45) is 16.2 Å². The van der Waals surface area contributed by atoms with Gasteiger partial charge < -0.3 is 44.1 Å². The molecule has 0 saturated heterocycles. The Labute approximate surface area is 633 Å². The maximum absolute atomic E-state index is 13.1. The summed E-state index contributed by atoms with van der Waals surface area (Å²) in [6.45, 7) is 5.93. The summed E-state index contributed by atoms with van der Waals surface area (Å²) in [6, 6.07) is 40.9. The molecule has 0 saturated carbocycles. The zero-order valence-corrected chi connectivity index (χ0v) is 65.0. The molecule has 0 radical (unpaired) electrons. The number of phenolic OH excluding ortho intramolecular Hbond substituents is 4. The van der Waals surface area contributed by atoms with Gasteiger partial charge in [-0.2, -0.15) is 0 Å². The molecule has 8 aliphatic rings. The van der Waals surface area contributed by atoms with Gasteiger partial charge in [0.25, 0.3) is 0 Å². The summed E-state index contributed by atoms with van der Waals surface area (Å²) in [5.74, 6) is 6.36. The number of methoxy groups -OCH3 is 5. The maximum Gasteiger partial charge on any atom is 0.170 e. The molecule has 532 valence electrons. The summed E-state index contributed by atoms with van der Waals surface area (Å²) in [4.78, 5) is 61.6. The highest BCUT2D eigenvalue weighted by Gasteiger charge is 2.52. The van der Waals surface area contributed by atoms with Crippen molar-refractivity contribution in [3.63, 3.8) is 0 Å². The number of ether oxygens (including phenoxy) is 5. The molecule has 0 bridgehead atoms. The Morgan fingerprint density at radius 1 is 0.340 bits per heavy atom. The van der Waals surface area contributed by atoms with Crippen LogP contribution in [-0.4, -0.2) is 84.9 Å². The smallest absolute Gasteiger partial charge is 0.170 e. The Hall–Kier alpha value is -8.55. The molecule has 9 aromatic carbocycles. The number of halogens is 4. The molecule has 0 aliphatic heterocycles. The van der Waals surface area contributed by atoms with Gasteiger partial charge in [-0.05, 0) is 321 Å². The lowest BCUT2D eigenvalue weighted by atomic mass is 9.80. The fourth-order valence-corrected chi connectivity index (χ4v) is 18.7. The van der Waals surface area contributed by atoms with E-state index in [2.05, 4.69) is 88.8 Å². The van der Waals surface area contributed by atoms with E-state index < -0.39 is 10.8 Å². The number of phenols is 4. The van der Waals surface area contributed by atoms with E-state index in [1.807, 2.05) is 80.6 Å². The summed E-state index contributed by atoms with van der Waals surface area (Å²) in [6.07, 6.45) is 9.45. The van der Waals surface area contributed by atoms with Crippen LogP contribution in [0.5, 0.6) is 51.7 Å². The summed E-state index contributed by atoms with van der Waals surface area (Å²) in [7, 11) is 8.33. The molecule has 0 amide bonds. The van der Waals surface area contributed by atoms with Gasteiger partial charge >= 0.3 is 0 Å². The second-order valence-corrected chi connectivity index (χ2v) is 30.5. The van der Waals surface area contributed by atoms with Gasteiger partial charge in [-0.15, -0.1) is 0 Å². The molecule has 4 N–H and O–H groups in total. The first-order chi connectivity index (χ1) is 49.4. The minimum atomic E-state index is -0.450. The number of Topliss-reactive ketones (excluding diaryl/α,β-unsaturated/α-hetero) is 5. The van der Waals surface area contributed by atoms with Crippen LogP contribution >= 0.6 is 63.7 Å². The molecule has 3 unspecified atom stereocenters. The number of hydrogen-bond donors (Lipinski definition) is 4. The van der Waals surface area contributed by atoms with Crippen molar-refractivity contribution in [2.75, 3.05) is 35.5 Å². The fraction of sp³-hybridized carbons (Fsp3) is 0.306. The van der Waals surface area contributed by atoms with E-state index in [0.717, 1.165) is 166 Å². The van der Waals surface area contributed by atoms with Gasteiger partial charge in [-0.3, -0.25) is 24.0 Å². The van der Waals surface area contributed by atoms with Crippen molar-refractivity contribution in [2.45, 2.75) is 115 Å². The predicted octanol–water partition coefficient (Wildman–Crippen LogP) is 18.1. The molecule has 0 fully saturated rings. The van der Waals surface area contributed by atoms with Crippen LogP contribution in [0.15, 0.2) is 142 Å². The minimum Gasteiger partial charge on any atom is -0.508 e. The first-order valence-electron chi connectivity index (χ1n) is 34.1. The third kappa shape index (κ3) is 14.1. The molecule has 3 spiro atoms. The number of hydrogen-bond acceptors (Lipinski definition) is 14. The Balaban J connectivity index is 0.000000119. The lowest BCUT2D eigenvalue weighted by Gasteiger charge is -2.20. The van der Waals surface area contributed by atoms with E-state index in [-0.39, 0.29) is 57.3 Å². The molecular formula is C85H80Br4O14. The number of fused-ring (bicyclic) bond motifs is 8. The van der Waals surface area contributed by atoms with Gasteiger partial charge in [-0.25, -0.2) is 0 Å². The van der Waals surface area contributed by atoms with Gasteiger partial charge in [0.1, 0.15) is 51.7 Å². The van der Waals surface area contributed by atoms with Crippen molar-refractivity contribution in [3.8, 4) is 51.7 Å². The largest absolute Gasteiger partial charge is 0.508 e. The normalized spacial score (nSPS) is 18.8. The molecular weight excluding hydrogens is 1560 g/mol. The first-order valence-corrected chi connectivity index (χ1v) is 38.0. The van der Waals surface area contributed by atoms with Crippen molar-refractivity contribution in [3.05, 3.63) is 259 Å². The molecule has 14 nitrogen and oxygen atoms in total. The van der Waals surface area contributed by atoms with E-state index in [1.54, 1.807) is 84.1 Å². The van der Waals surface area contributed by atoms with Crippen LogP contribution in [-0.2, 0) is 81.3 Å². The van der Waals surface area contributed by atoms with Crippen LogP contribution < -0.4 is 23.7 Å². The second kappa shape index (κ2) is 30.3. The van der Waals surface area contributed by atoms with E-state index in [9.17, 15) is 44.4 Å². The molecule has 18 heteroatoms. The SMILES string of the molecule is COc1ccc(CBr)c(CBr)c1.COc1ccc2c(c1)CC1(C2)Cc2c(ccc(OC)c2C)C1=O.COc1ccc2c(c1Br)CCC2=O.COc1ccc2c(c1C)CCC2=O.Cc1c(O)ccc2c1CC1(Cc3ccc(O)cc3C1)C2=O.O=C1c2ccc(O)c(Br)c2CC12Cc1ccc(O)cc1C2. The van der Waals surface area contributed by atoms with Gasteiger partial charge in [0.2, 0.25) is 0 Å². The van der Waals surface area contributed by atoms with Crippen LogP contribution in [0, 0.1) is 37.0 Å². The zero-order valence-electron chi connectivity index (χ0n) is 58.7. The fourth-order valence-electron chi connectivity index (χ4n) is 16.4. The average Bonchev–Trinajstić information content (AvgIpc) is 1.58. The Kier molecular flexibility index (Phi) is 21.8. The molecule has 3 atom stereocenters. The van der Waals surface area contributed by atoms with Gasteiger partial charge in [0.15, 0.2) is 28.9 Å². The monoisotopic (exact) mass is 1640 g/mol. The summed E-state index contributed by atoms with van der Waals surface area (Å²) >= 11 is 13.7. The van der Waals surface area contributed by atoms with Crippen LogP contribution in [0.25, 0.3) is 0 Å². The minimum absolute atomic E-state index is 0.147. The van der Waals surface area contributed by atoms with E-state index in [0.29, 0.717) is 55.0 Å². The maximum atomic E-state index is 13.1. The molecule has 0 aromatic heterocycles. The van der Waals surface area contributed by atoms with Crippen molar-refractivity contribution in [1.29, 1.82) is 0 Å². The standard InChI is InChI=1S/C20H20O3.C18H16O3.C17H13BrO3.C11H12O2.C10H9BrO2.C9H10Br2O/c1-12-17-11-20(19(21)16(17)6-7-18(12)23-3)9-13-4-5-15(22-2)8-14(13)10-20;1-10-15-9-18(17(21)14(15)4-5-16(10)20)7-11-2-3-13(19)6-12(11)8-18;18-15-13-8-17(16(21)12(13)3-4-14(15)20)6-9-1-2-11(19)5-10(9)7-17;1-7-8-3-5-10(12)9(8)4-6-11(7)13-2;1-13-9-5-3-6-7(10(9)11)2-4-8(6)12;1-12-9-3-2-7(5-10)8(4-9)6-11/h4-8H,9-11H2,1-3H3;2-6,19-20H,7-9H2,1H3;1-5,19-20H,6-8H2;4,6H,3,5H2,1-2H3;3,5H,2,4H2,1H3;2-4H,5-6H2,1H3. The predicted molar refractivity (Wildman–Crippen MR) is 411 cm³/mol. The van der Waals surface area contributed by atoms with Crippen LogP contribution in [0.1, 0.15) is 154 Å². The Morgan fingerprint density at radius 3 is 1.23 bits per heavy atom. The number of ketones is 5. The number of rotatable bonds is 7. The quantitative estimate of drug-likeness (QED) is 0.109. The molecule has 103 heavy (non-hydrogen) atoms. The molecule has 9 aromatic rings. The van der Waals surface area contributed by atoms with Crippen LogP contribution in [0.2, 0.25) is 0 Å². The third-order valence-corrected chi connectivity index (χ3v) is 24.9. The van der Waals surface area contributed by atoms with E-state index >= 15 is 0 Å². The van der Waals surface area contributed by atoms with Crippen LogP contribution in [0.3, 0.4) is 0 Å². The van der Waals surface area contributed by atoms with Crippen molar-refractivity contribution >= 4 is 92.6 Å². The lowest BCUT2D eigenvalue weighted by Crippen LogP contribution is -2.28. The lowest BCUT2D eigenvalue weighted by molar-refractivity contribution is 0.0825. The van der Waals surface area contributed by atoms with Crippen LogP contribution in [0.4, 0.5) is 0 Å². The highest BCUT2D eigenvalue weighted by Crippen LogP contribution is 2.53. The summed E-state index contributed by atoms with van der Waals surface area (Å²) in [5, 5.41) is 40.7.